The Balaban J connectivity index is 1.92. The number of rotatable bonds is 2. The summed E-state index contributed by atoms with van der Waals surface area (Å²) in [6, 6.07) is 0. The summed E-state index contributed by atoms with van der Waals surface area (Å²) in [6.45, 7) is 0. The molecule has 0 unspecified atom stereocenters. The van der Waals surface area contributed by atoms with E-state index in [0.29, 0.717) is 12.3 Å². The van der Waals surface area contributed by atoms with Crippen LogP contribution in [-0.4, -0.2) is 5.97 Å². The van der Waals surface area contributed by atoms with E-state index in [1.807, 2.05) is 0 Å². The van der Waals surface area contributed by atoms with Gasteiger partial charge in [-0.1, -0.05) is 6.42 Å². The Bertz CT molecular complexity index is 176. The number of fused-ring (bicyclic) bond motifs is 2. The molecule has 0 saturated heterocycles. The van der Waals surface area contributed by atoms with Crippen molar-refractivity contribution < 1.29 is 9.90 Å². The molecule has 2 aliphatic rings. The van der Waals surface area contributed by atoms with Crippen LogP contribution in [0.15, 0.2) is 0 Å². The van der Waals surface area contributed by atoms with Gasteiger partial charge in [0.15, 0.2) is 0 Å². The van der Waals surface area contributed by atoms with Crippen LogP contribution >= 0.6 is 0 Å². The molecule has 2 saturated carbocycles. The Hall–Kier alpha value is -0.530. The Kier molecular flexibility index (Phi) is 1.63. The van der Waals surface area contributed by atoms with Crippen molar-refractivity contribution in [3.8, 4) is 0 Å². The number of aliphatic carboxylic acids is 1. The minimum Gasteiger partial charge on any atom is -0.550 e. The number of carbonyl (C=O) groups is 1. The van der Waals surface area contributed by atoms with E-state index in [2.05, 4.69) is 0 Å². The van der Waals surface area contributed by atoms with Crippen molar-refractivity contribution in [2.75, 3.05) is 0 Å². The Morgan fingerprint density at radius 3 is 2.64 bits per heavy atom. The lowest BCUT2D eigenvalue weighted by Crippen LogP contribution is -2.27. The lowest BCUT2D eigenvalue weighted by atomic mass is 9.86. The Labute approximate surface area is 66.6 Å². The zero-order valence-corrected chi connectivity index (χ0v) is 6.58. The predicted octanol–water partition coefficient (Wildman–Crippen LogP) is 0.563. The molecule has 2 nitrogen and oxygen atoms in total. The highest BCUT2D eigenvalue weighted by Crippen LogP contribution is 2.49. The van der Waals surface area contributed by atoms with Crippen LogP contribution in [0.5, 0.6) is 0 Å². The topological polar surface area (TPSA) is 40.1 Å². The minimum absolute atomic E-state index is 0.307. The van der Waals surface area contributed by atoms with Crippen molar-refractivity contribution in [3.05, 3.63) is 0 Å². The van der Waals surface area contributed by atoms with Crippen LogP contribution in [-0.2, 0) is 4.79 Å². The van der Waals surface area contributed by atoms with Crippen LogP contribution in [0.3, 0.4) is 0 Å². The van der Waals surface area contributed by atoms with Crippen molar-refractivity contribution in [2.24, 2.45) is 17.8 Å². The molecule has 0 N–H and O–H groups in total. The SMILES string of the molecule is O=C([O-])C[C@H]1C[C@H]2CC[C@@H]1C2. The molecule has 0 radical (unpaired) electrons. The van der Waals surface area contributed by atoms with Gasteiger partial charge in [-0.05, 0) is 43.4 Å². The van der Waals surface area contributed by atoms with Crippen LogP contribution in [0.4, 0.5) is 0 Å². The van der Waals surface area contributed by atoms with E-state index in [0.717, 1.165) is 18.3 Å². The zero-order valence-electron chi connectivity index (χ0n) is 6.58. The average molecular weight is 153 g/mol. The van der Waals surface area contributed by atoms with Gasteiger partial charge in [0, 0.05) is 5.97 Å². The molecule has 0 aliphatic heterocycles. The van der Waals surface area contributed by atoms with Gasteiger partial charge in [0.25, 0.3) is 0 Å². The van der Waals surface area contributed by atoms with Gasteiger partial charge >= 0.3 is 0 Å². The number of carboxylic acids is 1. The second-order valence-electron chi connectivity index (χ2n) is 4.01. The molecule has 11 heavy (non-hydrogen) atoms. The van der Waals surface area contributed by atoms with Crippen molar-refractivity contribution in [3.63, 3.8) is 0 Å². The summed E-state index contributed by atoms with van der Waals surface area (Å²) in [7, 11) is 0. The monoisotopic (exact) mass is 153 g/mol. The third-order valence-corrected chi connectivity index (χ3v) is 3.31. The lowest BCUT2D eigenvalue weighted by molar-refractivity contribution is -0.307. The summed E-state index contributed by atoms with van der Waals surface area (Å²) in [4.78, 5) is 10.3. The van der Waals surface area contributed by atoms with Crippen LogP contribution in [0.25, 0.3) is 0 Å². The van der Waals surface area contributed by atoms with Gasteiger partial charge in [0.2, 0.25) is 0 Å². The zero-order chi connectivity index (χ0) is 7.84. The molecule has 2 bridgehead atoms. The molecular weight excluding hydrogens is 140 g/mol. The fraction of sp³-hybridized carbons (Fsp3) is 0.889. The van der Waals surface area contributed by atoms with E-state index < -0.39 is 5.97 Å². The van der Waals surface area contributed by atoms with Crippen molar-refractivity contribution in [2.45, 2.75) is 32.1 Å². The molecule has 0 aromatic heterocycles. The summed E-state index contributed by atoms with van der Waals surface area (Å²) in [5.41, 5.74) is 0. The van der Waals surface area contributed by atoms with E-state index in [9.17, 15) is 9.90 Å². The van der Waals surface area contributed by atoms with Gasteiger partial charge in [0.1, 0.15) is 0 Å². The van der Waals surface area contributed by atoms with Gasteiger partial charge in [-0.15, -0.1) is 0 Å². The number of carboxylic acid groups (broad SMARTS) is 1. The lowest BCUT2D eigenvalue weighted by Gasteiger charge is -2.21. The highest BCUT2D eigenvalue weighted by Gasteiger charge is 2.38. The van der Waals surface area contributed by atoms with Crippen molar-refractivity contribution in [1.29, 1.82) is 0 Å². The number of hydrogen-bond donors (Lipinski definition) is 0. The molecule has 0 heterocycles. The normalized spacial score (nSPS) is 41.3. The summed E-state index contributed by atoms with van der Waals surface area (Å²) >= 11 is 0. The minimum atomic E-state index is -0.859. The second kappa shape index (κ2) is 2.50. The predicted molar refractivity (Wildman–Crippen MR) is 38.6 cm³/mol. The first-order chi connectivity index (χ1) is 5.25. The molecule has 0 aromatic rings. The van der Waals surface area contributed by atoms with Gasteiger partial charge in [-0.3, -0.25) is 0 Å². The maximum absolute atomic E-state index is 10.3. The third-order valence-electron chi connectivity index (χ3n) is 3.31. The van der Waals surface area contributed by atoms with Crippen LogP contribution in [0, 0.1) is 17.8 Å². The van der Waals surface area contributed by atoms with Crippen LogP contribution in [0.1, 0.15) is 32.1 Å². The molecular formula is C9H13O2-. The van der Waals surface area contributed by atoms with E-state index in [-0.39, 0.29) is 0 Å². The Morgan fingerprint density at radius 1 is 1.36 bits per heavy atom. The van der Waals surface area contributed by atoms with Crippen molar-refractivity contribution >= 4 is 5.97 Å². The van der Waals surface area contributed by atoms with E-state index in [1.54, 1.807) is 0 Å². The fourth-order valence-electron chi connectivity index (χ4n) is 2.84. The molecule has 2 rings (SSSR count). The number of carbonyl (C=O) groups excluding carboxylic acids is 1. The molecule has 2 fully saturated rings. The summed E-state index contributed by atoms with van der Waals surface area (Å²) in [5, 5.41) is 10.3. The fourth-order valence-corrected chi connectivity index (χ4v) is 2.84. The van der Waals surface area contributed by atoms with Gasteiger partial charge in [-0.25, -0.2) is 0 Å². The average Bonchev–Trinajstić information content (AvgIpc) is 2.45. The summed E-state index contributed by atoms with van der Waals surface area (Å²) in [6.07, 6.45) is 5.36. The van der Waals surface area contributed by atoms with Crippen molar-refractivity contribution in [1.82, 2.24) is 0 Å². The maximum Gasteiger partial charge on any atom is 0.0417 e. The largest absolute Gasteiger partial charge is 0.550 e. The first-order valence-electron chi connectivity index (χ1n) is 4.45. The molecule has 0 aromatic carbocycles. The number of hydrogen-bond acceptors (Lipinski definition) is 2. The maximum atomic E-state index is 10.3. The smallest absolute Gasteiger partial charge is 0.0417 e. The van der Waals surface area contributed by atoms with Gasteiger partial charge < -0.3 is 9.90 Å². The van der Waals surface area contributed by atoms with E-state index >= 15 is 0 Å². The highest BCUT2D eigenvalue weighted by atomic mass is 16.4. The summed E-state index contributed by atoms with van der Waals surface area (Å²) < 4.78 is 0. The van der Waals surface area contributed by atoms with Gasteiger partial charge in [-0.2, -0.15) is 0 Å². The first kappa shape index (κ1) is 7.14. The first-order valence-corrected chi connectivity index (χ1v) is 4.45. The van der Waals surface area contributed by atoms with E-state index in [4.69, 9.17) is 0 Å². The summed E-state index contributed by atoms with van der Waals surface area (Å²) in [5.74, 6) is 1.17. The quantitative estimate of drug-likeness (QED) is 0.581. The molecule has 2 aliphatic carbocycles. The van der Waals surface area contributed by atoms with Crippen LogP contribution < -0.4 is 5.11 Å². The highest BCUT2D eigenvalue weighted by molar-refractivity contribution is 5.64. The molecule has 0 spiro atoms. The molecule has 62 valence electrons. The third kappa shape index (κ3) is 1.26. The molecule has 2 heteroatoms. The van der Waals surface area contributed by atoms with Gasteiger partial charge in [0.05, 0.1) is 0 Å². The van der Waals surface area contributed by atoms with Crippen LogP contribution in [0.2, 0.25) is 0 Å². The van der Waals surface area contributed by atoms with E-state index in [1.165, 1.54) is 19.3 Å². The Morgan fingerprint density at radius 2 is 2.18 bits per heavy atom. The second-order valence-corrected chi connectivity index (χ2v) is 4.01. The molecule has 0 amide bonds. The molecule has 3 atom stereocenters. The standard InChI is InChI=1S/C9H14O2/c10-9(11)5-8-4-6-1-2-7(8)3-6/h6-8H,1-5H2,(H,10,11)/p-1/t6-,7+,8+/m0/s1.